The lowest BCUT2D eigenvalue weighted by molar-refractivity contribution is -0.129. The molecule has 0 saturated heterocycles. The predicted octanol–water partition coefficient (Wildman–Crippen LogP) is 4.17. The fourth-order valence-electron chi connectivity index (χ4n) is 3.93. The van der Waals surface area contributed by atoms with Crippen LogP contribution in [-0.4, -0.2) is 43.2 Å². The van der Waals surface area contributed by atoms with Crippen molar-refractivity contribution < 1.29 is 14.8 Å². The number of amides is 2. The Balaban J connectivity index is 1.39. The van der Waals surface area contributed by atoms with E-state index in [1.54, 1.807) is 5.48 Å². The van der Waals surface area contributed by atoms with E-state index in [1.165, 1.54) is 16.7 Å². The molecule has 0 heterocycles. The van der Waals surface area contributed by atoms with E-state index in [2.05, 4.69) is 64.5 Å². The van der Waals surface area contributed by atoms with Crippen molar-refractivity contribution in [2.45, 2.75) is 64.3 Å². The first kappa shape index (κ1) is 28.5. The average molecular weight is 483 g/mol. The summed E-state index contributed by atoms with van der Waals surface area (Å²) in [6, 6.07) is 19.1. The SMILES string of the molecule is O=C(CCCCCCC(=O)NCCCNCCCCNCc1ccccc1-c1ccccc1)NO. The molecule has 0 aliphatic heterocycles. The lowest BCUT2D eigenvalue weighted by Gasteiger charge is -2.11. The Bertz CT molecular complexity index is 845. The molecule has 7 heteroatoms. The fraction of sp³-hybridized carbons (Fsp3) is 0.500. The van der Waals surface area contributed by atoms with Gasteiger partial charge in [-0.3, -0.25) is 14.8 Å². The Morgan fingerprint density at radius 1 is 0.629 bits per heavy atom. The Morgan fingerprint density at radius 3 is 2.00 bits per heavy atom. The summed E-state index contributed by atoms with van der Waals surface area (Å²) in [4.78, 5) is 22.7. The first-order valence-corrected chi connectivity index (χ1v) is 12.9. The van der Waals surface area contributed by atoms with Gasteiger partial charge in [0.2, 0.25) is 11.8 Å². The van der Waals surface area contributed by atoms with Gasteiger partial charge in [-0.05, 0) is 68.4 Å². The van der Waals surface area contributed by atoms with Gasteiger partial charge in [0, 0.05) is 25.9 Å². The number of nitrogens with one attached hydrogen (secondary N) is 4. The highest BCUT2D eigenvalue weighted by atomic mass is 16.5. The quantitative estimate of drug-likeness (QED) is 0.118. The van der Waals surface area contributed by atoms with Gasteiger partial charge < -0.3 is 16.0 Å². The first-order chi connectivity index (χ1) is 17.2. The van der Waals surface area contributed by atoms with E-state index in [4.69, 9.17) is 5.21 Å². The fourth-order valence-corrected chi connectivity index (χ4v) is 3.93. The molecule has 0 atom stereocenters. The van der Waals surface area contributed by atoms with Crippen LogP contribution in [0.2, 0.25) is 0 Å². The molecule has 2 rings (SSSR count). The highest BCUT2D eigenvalue weighted by Gasteiger charge is 2.04. The number of hydrogen-bond acceptors (Lipinski definition) is 5. The summed E-state index contributed by atoms with van der Waals surface area (Å²) in [5, 5.41) is 18.4. The molecule has 0 spiro atoms. The van der Waals surface area contributed by atoms with Crippen molar-refractivity contribution in [1.29, 1.82) is 0 Å². The van der Waals surface area contributed by atoms with Crippen molar-refractivity contribution in [3.63, 3.8) is 0 Å². The van der Waals surface area contributed by atoms with E-state index in [1.807, 2.05) is 6.07 Å². The third-order valence-corrected chi connectivity index (χ3v) is 5.91. The minimum atomic E-state index is -0.353. The lowest BCUT2D eigenvalue weighted by atomic mass is 10.00. The Labute approximate surface area is 210 Å². The molecule has 0 saturated carbocycles. The Morgan fingerprint density at radius 2 is 1.26 bits per heavy atom. The van der Waals surface area contributed by atoms with Gasteiger partial charge in [0.25, 0.3) is 0 Å². The number of rotatable bonds is 19. The van der Waals surface area contributed by atoms with Crippen LogP contribution in [0.4, 0.5) is 0 Å². The van der Waals surface area contributed by atoms with Crippen molar-refractivity contribution in [2.24, 2.45) is 0 Å². The van der Waals surface area contributed by atoms with Crippen LogP contribution in [-0.2, 0) is 16.1 Å². The van der Waals surface area contributed by atoms with Gasteiger partial charge in [0.05, 0.1) is 0 Å². The molecule has 2 amide bonds. The molecule has 0 fully saturated rings. The van der Waals surface area contributed by atoms with E-state index in [9.17, 15) is 9.59 Å². The number of unbranched alkanes of at least 4 members (excludes halogenated alkanes) is 4. The molecule has 35 heavy (non-hydrogen) atoms. The van der Waals surface area contributed by atoms with Crippen molar-refractivity contribution in [3.05, 3.63) is 60.2 Å². The van der Waals surface area contributed by atoms with Crippen molar-refractivity contribution in [3.8, 4) is 11.1 Å². The normalized spacial score (nSPS) is 10.8. The third kappa shape index (κ3) is 13.1. The minimum Gasteiger partial charge on any atom is -0.356 e. The maximum atomic E-state index is 11.8. The number of benzene rings is 2. The molecule has 7 nitrogen and oxygen atoms in total. The van der Waals surface area contributed by atoms with Crippen LogP contribution in [0.3, 0.4) is 0 Å². The summed E-state index contributed by atoms with van der Waals surface area (Å²) >= 11 is 0. The van der Waals surface area contributed by atoms with Gasteiger partial charge >= 0.3 is 0 Å². The van der Waals surface area contributed by atoms with Gasteiger partial charge in [-0.2, -0.15) is 0 Å². The molecule has 0 bridgehead atoms. The van der Waals surface area contributed by atoms with Crippen molar-refractivity contribution in [1.82, 2.24) is 21.4 Å². The topological polar surface area (TPSA) is 102 Å². The maximum absolute atomic E-state index is 11.8. The van der Waals surface area contributed by atoms with E-state index < -0.39 is 0 Å². The summed E-state index contributed by atoms with van der Waals surface area (Å²) < 4.78 is 0. The standard InChI is InChI=1S/C28H42N4O3/c33-27(17-6-1-2-7-18-28(34)32-35)31-22-12-21-29-19-10-11-20-30-23-25-15-8-9-16-26(25)24-13-4-3-5-14-24/h3-5,8-9,13-16,29-30,35H,1-2,6-7,10-12,17-23H2,(H,31,33)(H,32,34). The zero-order valence-electron chi connectivity index (χ0n) is 20.9. The summed E-state index contributed by atoms with van der Waals surface area (Å²) in [5.41, 5.74) is 5.50. The second-order valence-electron chi connectivity index (χ2n) is 8.81. The van der Waals surface area contributed by atoms with Gasteiger partial charge in [0.15, 0.2) is 0 Å². The van der Waals surface area contributed by atoms with Crippen LogP contribution < -0.4 is 21.4 Å². The maximum Gasteiger partial charge on any atom is 0.243 e. The summed E-state index contributed by atoms with van der Waals surface area (Å²) in [7, 11) is 0. The second kappa shape index (κ2) is 18.6. The van der Waals surface area contributed by atoms with Crippen LogP contribution in [0.1, 0.15) is 63.4 Å². The van der Waals surface area contributed by atoms with Gasteiger partial charge in [-0.15, -0.1) is 0 Å². The summed E-state index contributed by atoms with van der Waals surface area (Å²) in [5.74, 6) is -0.258. The molecule has 0 unspecified atom stereocenters. The van der Waals surface area contributed by atoms with Crippen LogP contribution in [0, 0.1) is 0 Å². The van der Waals surface area contributed by atoms with Crippen LogP contribution >= 0.6 is 0 Å². The molecule has 192 valence electrons. The van der Waals surface area contributed by atoms with Crippen molar-refractivity contribution in [2.75, 3.05) is 26.2 Å². The van der Waals surface area contributed by atoms with E-state index in [0.717, 1.165) is 71.1 Å². The van der Waals surface area contributed by atoms with Crippen LogP contribution in [0.25, 0.3) is 11.1 Å². The molecule has 2 aromatic rings. The van der Waals surface area contributed by atoms with Gasteiger partial charge in [-0.1, -0.05) is 67.4 Å². The highest BCUT2D eigenvalue weighted by Crippen LogP contribution is 2.23. The van der Waals surface area contributed by atoms with Gasteiger partial charge in [-0.25, -0.2) is 5.48 Å². The summed E-state index contributed by atoms with van der Waals surface area (Å²) in [6.45, 7) is 4.47. The predicted molar refractivity (Wildman–Crippen MR) is 141 cm³/mol. The molecular weight excluding hydrogens is 440 g/mol. The van der Waals surface area contributed by atoms with E-state index in [-0.39, 0.29) is 11.8 Å². The molecule has 0 aliphatic carbocycles. The van der Waals surface area contributed by atoms with E-state index >= 15 is 0 Å². The smallest absolute Gasteiger partial charge is 0.243 e. The Kier molecular flexibility index (Phi) is 15.1. The monoisotopic (exact) mass is 482 g/mol. The largest absolute Gasteiger partial charge is 0.356 e. The molecule has 2 aromatic carbocycles. The number of carbonyl (C=O) groups excluding carboxylic acids is 2. The molecular formula is C28H42N4O3. The first-order valence-electron chi connectivity index (χ1n) is 12.9. The van der Waals surface area contributed by atoms with Gasteiger partial charge in [0.1, 0.15) is 0 Å². The lowest BCUT2D eigenvalue weighted by Crippen LogP contribution is -2.27. The highest BCUT2D eigenvalue weighted by molar-refractivity contribution is 5.75. The molecule has 0 aliphatic rings. The van der Waals surface area contributed by atoms with E-state index in [0.29, 0.717) is 19.4 Å². The molecule has 0 aromatic heterocycles. The zero-order chi connectivity index (χ0) is 25.0. The summed E-state index contributed by atoms with van der Waals surface area (Å²) in [6.07, 6.45) is 7.41. The number of carbonyl (C=O) groups is 2. The number of hydroxylamine groups is 1. The number of hydrogen-bond donors (Lipinski definition) is 5. The zero-order valence-corrected chi connectivity index (χ0v) is 20.9. The van der Waals surface area contributed by atoms with Crippen LogP contribution in [0.15, 0.2) is 54.6 Å². The van der Waals surface area contributed by atoms with Crippen LogP contribution in [0.5, 0.6) is 0 Å². The second-order valence-corrected chi connectivity index (χ2v) is 8.81. The third-order valence-electron chi connectivity index (χ3n) is 5.91. The minimum absolute atomic E-state index is 0.0954. The molecule has 5 N–H and O–H groups in total. The molecule has 0 radical (unpaired) electrons. The van der Waals surface area contributed by atoms with Crippen molar-refractivity contribution >= 4 is 11.8 Å². The average Bonchev–Trinajstić information content (AvgIpc) is 2.89. The Hall–Kier alpha value is -2.74.